The third-order valence-corrected chi connectivity index (χ3v) is 6.58. The van der Waals surface area contributed by atoms with Crippen LogP contribution in [-0.4, -0.2) is 43.6 Å². The Balaban J connectivity index is 1.43. The SMILES string of the molecule is O=C(O)c1n[nH]c2ccc(C(=O)N3CCc4nc(-c5ccccc5Cl)sc4C3)cc12. The van der Waals surface area contributed by atoms with Crippen LogP contribution in [0.3, 0.4) is 0 Å². The van der Waals surface area contributed by atoms with E-state index in [0.29, 0.717) is 41.0 Å². The van der Waals surface area contributed by atoms with Crippen molar-refractivity contribution in [2.75, 3.05) is 6.54 Å². The zero-order valence-corrected chi connectivity index (χ0v) is 17.1. The summed E-state index contributed by atoms with van der Waals surface area (Å²) in [6.07, 6.45) is 0.663. The molecule has 1 amide bonds. The van der Waals surface area contributed by atoms with Gasteiger partial charge in [-0.3, -0.25) is 9.89 Å². The fourth-order valence-corrected chi connectivity index (χ4v) is 5.06. The summed E-state index contributed by atoms with van der Waals surface area (Å²) in [5, 5.41) is 17.7. The van der Waals surface area contributed by atoms with Gasteiger partial charge in [0.25, 0.3) is 5.91 Å². The number of hydrogen-bond donors (Lipinski definition) is 2. The summed E-state index contributed by atoms with van der Waals surface area (Å²) >= 11 is 7.85. The number of H-pyrrole nitrogens is 1. The molecule has 1 aliphatic heterocycles. The minimum Gasteiger partial charge on any atom is -0.476 e. The van der Waals surface area contributed by atoms with Gasteiger partial charge in [0.2, 0.25) is 0 Å². The van der Waals surface area contributed by atoms with Gasteiger partial charge in [-0.05, 0) is 24.3 Å². The standard InChI is InChI=1S/C21H15ClN4O3S/c22-14-4-2-1-3-12(14)19-23-16-7-8-26(10-17(16)30-19)20(27)11-5-6-15-13(9-11)18(21(28)29)25-24-15/h1-6,9H,7-8,10H2,(H,24,25)(H,28,29). The number of rotatable bonds is 3. The average Bonchev–Trinajstić information content (AvgIpc) is 3.36. The number of carbonyl (C=O) groups excluding carboxylic acids is 1. The van der Waals surface area contributed by atoms with Gasteiger partial charge < -0.3 is 10.0 Å². The van der Waals surface area contributed by atoms with E-state index >= 15 is 0 Å². The van der Waals surface area contributed by atoms with E-state index in [0.717, 1.165) is 21.1 Å². The Morgan fingerprint density at radius 3 is 2.83 bits per heavy atom. The lowest BCUT2D eigenvalue weighted by Crippen LogP contribution is -2.35. The quantitative estimate of drug-likeness (QED) is 0.498. The highest BCUT2D eigenvalue weighted by atomic mass is 35.5. The summed E-state index contributed by atoms with van der Waals surface area (Å²) in [6.45, 7) is 1.01. The highest BCUT2D eigenvalue weighted by Crippen LogP contribution is 2.35. The molecule has 3 heterocycles. The van der Waals surface area contributed by atoms with Crippen LogP contribution in [0.4, 0.5) is 0 Å². The number of amides is 1. The van der Waals surface area contributed by atoms with E-state index in [4.69, 9.17) is 16.6 Å². The van der Waals surface area contributed by atoms with Gasteiger partial charge in [0.15, 0.2) is 5.69 Å². The smallest absolute Gasteiger partial charge is 0.357 e. The van der Waals surface area contributed by atoms with Crippen molar-refractivity contribution < 1.29 is 14.7 Å². The van der Waals surface area contributed by atoms with Gasteiger partial charge in [0.1, 0.15) is 5.01 Å². The number of aromatic nitrogens is 3. The van der Waals surface area contributed by atoms with Crippen molar-refractivity contribution in [1.29, 1.82) is 0 Å². The average molecular weight is 439 g/mol. The fourth-order valence-electron chi connectivity index (χ4n) is 3.61. The molecule has 0 fully saturated rings. The molecule has 2 aromatic carbocycles. The molecule has 7 nitrogen and oxygen atoms in total. The first kappa shape index (κ1) is 18.8. The lowest BCUT2D eigenvalue weighted by Gasteiger charge is -2.26. The maximum atomic E-state index is 13.1. The molecule has 0 bridgehead atoms. The Hall–Kier alpha value is -3.23. The second-order valence-electron chi connectivity index (χ2n) is 6.98. The summed E-state index contributed by atoms with van der Waals surface area (Å²) < 4.78 is 0. The number of thiazole rings is 1. The van der Waals surface area contributed by atoms with Crippen molar-refractivity contribution in [2.45, 2.75) is 13.0 Å². The van der Waals surface area contributed by atoms with Crippen LogP contribution in [0, 0.1) is 0 Å². The number of aromatic carboxylic acids is 1. The van der Waals surface area contributed by atoms with E-state index in [1.54, 1.807) is 34.4 Å². The molecule has 0 spiro atoms. The van der Waals surface area contributed by atoms with Crippen molar-refractivity contribution in [1.82, 2.24) is 20.1 Å². The monoisotopic (exact) mass is 438 g/mol. The first-order chi connectivity index (χ1) is 14.5. The predicted molar refractivity (Wildman–Crippen MR) is 114 cm³/mol. The summed E-state index contributed by atoms with van der Waals surface area (Å²) in [4.78, 5) is 32.0. The molecule has 0 unspecified atom stereocenters. The van der Waals surface area contributed by atoms with Crippen molar-refractivity contribution >= 4 is 45.7 Å². The molecule has 0 radical (unpaired) electrons. The van der Waals surface area contributed by atoms with Gasteiger partial charge in [0.05, 0.1) is 22.8 Å². The predicted octanol–water partition coefficient (Wildman–Crippen LogP) is 4.24. The van der Waals surface area contributed by atoms with Gasteiger partial charge in [-0.25, -0.2) is 9.78 Å². The maximum absolute atomic E-state index is 13.1. The molecule has 0 aliphatic carbocycles. The molecule has 150 valence electrons. The third kappa shape index (κ3) is 3.14. The number of nitrogens with zero attached hydrogens (tertiary/aromatic N) is 3. The van der Waals surface area contributed by atoms with Crippen LogP contribution in [0.5, 0.6) is 0 Å². The number of hydrogen-bond acceptors (Lipinski definition) is 5. The molecule has 0 saturated carbocycles. The molecular formula is C21H15ClN4O3S. The largest absolute Gasteiger partial charge is 0.476 e. The van der Waals surface area contributed by atoms with Crippen LogP contribution < -0.4 is 0 Å². The van der Waals surface area contributed by atoms with Gasteiger partial charge in [0, 0.05) is 34.4 Å². The number of fused-ring (bicyclic) bond motifs is 2. The summed E-state index contributed by atoms with van der Waals surface area (Å²) in [5.74, 6) is -1.28. The molecule has 0 atom stereocenters. The number of halogens is 1. The maximum Gasteiger partial charge on any atom is 0.357 e. The Kier molecular flexibility index (Phi) is 4.52. The summed E-state index contributed by atoms with van der Waals surface area (Å²) in [7, 11) is 0. The molecule has 5 rings (SSSR count). The van der Waals surface area contributed by atoms with Crippen LogP contribution in [0.25, 0.3) is 21.5 Å². The van der Waals surface area contributed by atoms with E-state index in [1.807, 2.05) is 24.3 Å². The Morgan fingerprint density at radius 2 is 2.03 bits per heavy atom. The van der Waals surface area contributed by atoms with E-state index in [9.17, 15) is 14.7 Å². The topological polar surface area (TPSA) is 99.2 Å². The highest BCUT2D eigenvalue weighted by molar-refractivity contribution is 7.15. The van der Waals surface area contributed by atoms with E-state index in [2.05, 4.69) is 10.2 Å². The van der Waals surface area contributed by atoms with Gasteiger partial charge in [-0.1, -0.05) is 29.8 Å². The first-order valence-corrected chi connectivity index (χ1v) is 10.4. The van der Waals surface area contributed by atoms with Crippen molar-refractivity contribution in [3.8, 4) is 10.6 Å². The number of carbonyl (C=O) groups is 2. The minimum absolute atomic E-state index is 0.0904. The lowest BCUT2D eigenvalue weighted by molar-refractivity contribution is 0.0690. The van der Waals surface area contributed by atoms with E-state index < -0.39 is 5.97 Å². The molecule has 2 N–H and O–H groups in total. The van der Waals surface area contributed by atoms with Crippen LogP contribution in [-0.2, 0) is 13.0 Å². The molecular weight excluding hydrogens is 424 g/mol. The fraction of sp³-hybridized carbons (Fsp3) is 0.143. The Bertz CT molecular complexity index is 1310. The Labute approximate surface area is 179 Å². The molecule has 2 aromatic heterocycles. The number of carboxylic acids is 1. The van der Waals surface area contributed by atoms with E-state index in [-0.39, 0.29) is 11.6 Å². The minimum atomic E-state index is -1.13. The normalized spacial score (nSPS) is 13.4. The highest BCUT2D eigenvalue weighted by Gasteiger charge is 2.26. The van der Waals surface area contributed by atoms with Crippen LogP contribution in [0.2, 0.25) is 5.02 Å². The zero-order chi connectivity index (χ0) is 20.8. The van der Waals surface area contributed by atoms with E-state index in [1.165, 1.54) is 0 Å². The molecule has 0 saturated heterocycles. The lowest BCUT2D eigenvalue weighted by atomic mass is 10.1. The Morgan fingerprint density at radius 1 is 1.20 bits per heavy atom. The molecule has 4 aromatic rings. The van der Waals surface area contributed by atoms with Crippen LogP contribution >= 0.6 is 22.9 Å². The number of nitrogens with one attached hydrogen (secondary N) is 1. The first-order valence-electron chi connectivity index (χ1n) is 9.25. The molecule has 30 heavy (non-hydrogen) atoms. The van der Waals surface area contributed by atoms with Gasteiger partial charge in [-0.2, -0.15) is 5.10 Å². The van der Waals surface area contributed by atoms with Gasteiger partial charge >= 0.3 is 5.97 Å². The number of aromatic amines is 1. The molecule has 9 heteroatoms. The number of carboxylic acid groups (broad SMARTS) is 1. The molecule has 1 aliphatic rings. The third-order valence-electron chi connectivity index (χ3n) is 5.14. The van der Waals surface area contributed by atoms with Crippen LogP contribution in [0.1, 0.15) is 31.4 Å². The summed E-state index contributed by atoms with van der Waals surface area (Å²) in [6, 6.07) is 12.5. The second kappa shape index (κ2) is 7.23. The van der Waals surface area contributed by atoms with Crippen LogP contribution in [0.15, 0.2) is 42.5 Å². The van der Waals surface area contributed by atoms with Crippen molar-refractivity contribution in [2.24, 2.45) is 0 Å². The van der Waals surface area contributed by atoms with Gasteiger partial charge in [-0.15, -0.1) is 11.3 Å². The van der Waals surface area contributed by atoms with Crippen molar-refractivity contribution in [3.63, 3.8) is 0 Å². The van der Waals surface area contributed by atoms with Crippen molar-refractivity contribution in [3.05, 3.63) is 69.3 Å². The zero-order valence-electron chi connectivity index (χ0n) is 15.6. The summed E-state index contributed by atoms with van der Waals surface area (Å²) in [5.41, 5.74) is 2.82. The number of benzene rings is 2. The second-order valence-corrected chi connectivity index (χ2v) is 8.47.